The van der Waals surface area contributed by atoms with Crippen LogP contribution in [0.25, 0.3) is 0 Å². The maximum Gasteiger partial charge on any atom is 0.330 e. The Kier molecular flexibility index (Phi) is 26.7. The molecule has 6 heteroatoms. The third-order valence-electron chi connectivity index (χ3n) is 3.11. The summed E-state index contributed by atoms with van der Waals surface area (Å²) in [6, 6.07) is 0. The molecule has 28 heavy (non-hydrogen) atoms. The van der Waals surface area contributed by atoms with E-state index in [1.54, 1.807) is 0 Å². The lowest BCUT2D eigenvalue weighted by Gasteiger charge is -2.04. The lowest BCUT2D eigenvalue weighted by Crippen LogP contribution is -2.01. The van der Waals surface area contributed by atoms with Crippen LogP contribution in [0.2, 0.25) is 0 Å². The Labute approximate surface area is 170 Å². The van der Waals surface area contributed by atoms with Crippen molar-refractivity contribution in [3.05, 3.63) is 38.0 Å². The summed E-state index contributed by atoms with van der Waals surface area (Å²) < 4.78 is 13.7. The van der Waals surface area contributed by atoms with Gasteiger partial charge in [-0.1, -0.05) is 66.2 Å². The zero-order valence-corrected chi connectivity index (χ0v) is 18.0. The van der Waals surface area contributed by atoms with E-state index in [-0.39, 0.29) is 11.9 Å². The molecule has 0 fully saturated rings. The summed E-state index contributed by atoms with van der Waals surface area (Å²) in [5.41, 5.74) is 0. The minimum absolute atomic E-state index is 0.316. The Balaban J connectivity index is -0.000000362. The van der Waals surface area contributed by atoms with Gasteiger partial charge in [-0.05, 0) is 18.8 Å². The highest BCUT2D eigenvalue weighted by molar-refractivity contribution is 5.81. The zero-order valence-electron chi connectivity index (χ0n) is 18.0. The predicted octanol–water partition coefficient (Wildman–Crippen LogP) is 4.79. The summed E-state index contributed by atoms with van der Waals surface area (Å²) in [7, 11) is 1.31. The first kappa shape index (κ1) is 30.4. The van der Waals surface area contributed by atoms with Crippen molar-refractivity contribution in [2.75, 3.05) is 20.3 Å². The second kappa shape index (κ2) is 24.6. The van der Waals surface area contributed by atoms with Gasteiger partial charge in [0.25, 0.3) is 0 Å². The van der Waals surface area contributed by atoms with E-state index >= 15 is 0 Å². The van der Waals surface area contributed by atoms with Crippen LogP contribution in [-0.4, -0.2) is 38.2 Å². The first-order valence-corrected chi connectivity index (χ1v) is 9.57. The quantitative estimate of drug-likeness (QED) is 0.203. The molecule has 0 rings (SSSR count). The van der Waals surface area contributed by atoms with Crippen LogP contribution in [0.15, 0.2) is 38.0 Å². The van der Waals surface area contributed by atoms with E-state index in [1.807, 2.05) is 6.92 Å². The van der Waals surface area contributed by atoms with Gasteiger partial charge in [-0.3, -0.25) is 0 Å². The molecule has 0 saturated heterocycles. The standard InChI is InChI=1S/C11H20O2.C7H12O2.C4H6O2/c1-4-11(12)13-9-7-5-6-8-10(2)3;1-3-5-6-9-7(8)4-2;1-3-4(5)6-2/h4,10H,1,5-9H2,2-3H3;4H,2-3,5-6H2,1H3;3H,1H2,2H3. The predicted molar refractivity (Wildman–Crippen MR) is 113 cm³/mol. The van der Waals surface area contributed by atoms with Crippen LogP contribution in [0.5, 0.6) is 0 Å². The lowest BCUT2D eigenvalue weighted by atomic mass is 10.1. The molecule has 0 bridgehead atoms. The Hall–Kier alpha value is -2.37. The van der Waals surface area contributed by atoms with Gasteiger partial charge in [-0.2, -0.15) is 0 Å². The second-order valence-corrected chi connectivity index (χ2v) is 6.07. The van der Waals surface area contributed by atoms with Gasteiger partial charge in [0, 0.05) is 18.2 Å². The molecule has 0 aromatic carbocycles. The fourth-order valence-corrected chi connectivity index (χ4v) is 1.52. The summed E-state index contributed by atoms with van der Waals surface area (Å²) in [4.78, 5) is 30.8. The number of hydrogen-bond donors (Lipinski definition) is 0. The smallest absolute Gasteiger partial charge is 0.330 e. The van der Waals surface area contributed by atoms with Gasteiger partial charge in [0.15, 0.2) is 0 Å². The topological polar surface area (TPSA) is 78.9 Å². The monoisotopic (exact) mass is 398 g/mol. The average molecular weight is 399 g/mol. The number of carbonyl (C=O) groups excluding carboxylic acids is 3. The molecule has 0 N–H and O–H groups in total. The normalized spacial score (nSPS) is 8.89. The summed E-state index contributed by atoms with van der Waals surface area (Å²) in [5.74, 6) is -0.266. The Morgan fingerprint density at radius 2 is 1.25 bits per heavy atom. The molecule has 0 heterocycles. The van der Waals surface area contributed by atoms with Crippen molar-refractivity contribution in [1.29, 1.82) is 0 Å². The van der Waals surface area contributed by atoms with Crippen LogP contribution in [0, 0.1) is 5.92 Å². The molecule has 0 unspecified atom stereocenters. The van der Waals surface area contributed by atoms with E-state index in [9.17, 15) is 14.4 Å². The number of carbonyl (C=O) groups is 3. The van der Waals surface area contributed by atoms with Crippen LogP contribution in [0.4, 0.5) is 0 Å². The van der Waals surface area contributed by atoms with Crippen molar-refractivity contribution in [2.45, 2.75) is 59.3 Å². The summed E-state index contributed by atoms with van der Waals surface area (Å²) in [6.45, 7) is 17.3. The van der Waals surface area contributed by atoms with E-state index in [4.69, 9.17) is 4.74 Å². The molecule has 0 aliphatic rings. The summed E-state index contributed by atoms with van der Waals surface area (Å²) >= 11 is 0. The number of esters is 3. The van der Waals surface area contributed by atoms with Crippen molar-refractivity contribution in [3.63, 3.8) is 0 Å². The van der Waals surface area contributed by atoms with E-state index < -0.39 is 5.97 Å². The molecule has 162 valence electrons. The largest absolute Gasteiger partial charge is 0.466 e. The summed E-state index contributed by atoms with van der Waals surface area (Å²) in [5, 5.41) is 0. The van der Waals surface area contributed by atoms with Gasteiger partial charge in [0.05, 0.1) is 20.3 Å². The second-order valence-electron chi connectivity index (χ2n) is 6.07. The maximum absolute atomic E-state index is 10.6. The molecule has 0 atom stereocenters. The minimum atomic E-state index is -0.394. The first-order chi connectivity index (χ1) is 13.3. The van der Waals surface area contributed by atoms with Crippen LogP contribution in [0.1, 0.15) is 59.3 Å². The van der Waals surface area contributed by atoms with Gasteiger partial charge >= 0.3 is 17.9 Å². The Morgan fingerprint density at radius 1 is 0.786 bits per heavy atom. The van der Waals surface area contributed by atoms with Crippen molar-refractivity contribution in [1.82, 2.24) is 0 Å². The van der Waals surface area contributed by atoms with Crippen molar-refractivity contribution >= 4 is 17.9 Å². The fourth-order valence-electron chi connectivity index (χ4n) is 1.52. The maximum atomic E-state index is 10.6. The molecule has 0 aliphatic carbocycles. The minimum Gasteiger partial charge on any atom is -0.466 e. The first-order valence-electron chi connectivity index (χ1n) is 9.57. The summed E-state index contributed by atoms with van der Waals surface area (Å²) in [6.07, 6.45) is 10.1. The Bertz CT molecular complexity index is 440. The average Bonchev–Trinajstić information content (AvgIpc) is 2.70. The van der Waals surface area contributed by atoms with Gasteiger partial charge in [-0.25, -0.2) is 14.4 Å². The molecule has 0 aliphatic heterocycles. The van der Waals surface area contributed by atoms with E-state index in [1.165, 1.54) is 32.1 Å². The van der Waals surface area contributed by atoms with Gasteiger partial charge in [-0.15, -0.1) is 0 Å². The van der Waals surface area contributed by atoms with Crippen molar-refractivity contribution in [2.24, 2.45) is 5.92 Å². The molecular weight excluding hydrogens is 360 g/mol. The zero-order chi connectivity index (χ0) is 22.2. The highest BCUT2D eigenvalue weighted by Gasteiger charge is 1.96. The van der Waals surface area contributed by atoms with Gasteiger partial charge in [0.1, 0.15) is 0 Å². The van der Waals surface area contributed by atoms with Crippen LogP contribution < -0.4 is 0 Å². The van der Waals surface area contributed by atoms with Crippen molar-refractivity contribution < 1.29 is 28.6 Å². The van der Waals surface area contributed by atoms with Crippen LogP contribution >= 0.6 is 0 Å². The molecule has 0 spiro atoms. The van der Waals surface area contributed by atoms with E-state index in [0.29, 0.717) is 13.2 Å². The van der Waals surface area contributed by atoms with Crippen LogP contribution in [-0.2, 0) is 28.6 Å². The van der Waals surface area contributed by atoms with Crippen LogP contribution in [0.3, 0.4) is 0 Å². The number of rotatable bonds is 12. The molecular formula is C22H38O6. The number of unbranched alkanes of at least 4 members (excludes halogenated alkanes) is 3. The molecule has 0 aromatic heterocycles. The highest BCUT2D eigenvalue weighted by Crippen LogP contribution is 2.07. The third-order valence-corrected chi connectivity index (χ3v) is 3.11. The van der Waals surface area contributed by atoms with Crippen molar-refractivity contribution in [3.8, 4) is 0 Å². The molecule has 6 nitrogen and oxygen atoms in total. The third kappa shape index (κ3) is 31.4. The SMILES string of the molecule is C=CC(=O)OC.C=CC(=O)OCCCC.C=CC(=O)OCCCCCC(C)C. The molecule has 0 amide bonds. The molecule has 0 aromatic rings. The van der Waals surface area contributed by atoms with E-state index in [2.05, 4.69) is 43.1 Å². The Morgan fingerprint density at radius 3 is 1.57 bits per heavy atom. The molecule has 0 radical (unpaired) electrons. The number of ether oxygens (including phenoxy) is 3. The van der Waals surface area contributed by atoms with Gasteiger partial charge < -0.3 is 14.2 Å². The fraction of sp³-hybridized carbons (Fsp3) is 0.591. The van der Waals surface area contributed by atoms with E-state index in [0.717, 1.165) is 37.7 Å². The number of methoxy groups -OCH3 is 1. The van der Waals surface area contributed by atoms with Gasteiger partial charge in [0.2, 0.25) is 0 Å². The highest BCUT2D eigenvalue weighted by atomic mass is 16.5. The lowest BCUT2D eigenvalue weighted by molar-refractivity contribution is -0.138. The number of hydrogen-bond acceptors (Lipinski definition) is 6. The molecule has 0 saturated carbocycles.